The number of aliphatic hydroxyl groups is 1. The molecule has 2 aliphatic carbocycles. The third-order valence-corrected chi connectivity index (χ3v) is 6.19. The van der Waals surface area contributed by atoms with Crippen molar-refractivity contribution in [2.75, 3.05) is 14.2 Å². The molecule has 0 spiro atoms. The summed E-state index contributed by atoms with van der Waals surface area (Å²) in [5.74, 6) is 1.30. The third-order valence-electron chi connectivity index (χ3n) is 6.19. The third kappa shape index (κ3) is 2.77. The molecule has 0 aromatic heterocycles. The molecule has 2 aliphatic rings. The first-order valence-corrected chi connectivity index (χ1v) is 9.33. The maximum absolute atomic E-state index is 14.3. The number of aliphatic hydroxyl groups excluding tert-OH is 1. The Balaban J connectivity index is 1.81. The van der Waals surface area contributed by atoms with Gasteiger partial charge in [-0.3, -0.25) is 0 Å². The fourth-order valence-corrected chi connectivity index (χ4v) is 4.99. The molecular formula is C22H25FO3. The molecule has 1 saturated carbocycles. The molecule has 0 saturated heterocycles. The fraction of sp³-hybridized carbons (Fsp3) is 0.455. The molecule has 0 heterocycles. The molecule has 3 nitrogen and oxygen atoms in total. The fourth-order valence-electron chi connectivity index (χ4n) is 4.99. The number of hydrogen-bond acceptors (Lipinski definition) is 3. The zero-order chi connectivity index (χ0) is 18.3. The summed E-state index contributed by atoms with van der Waals surface area (Å²) < 4.78 is 24.8. The minimum atomic E-state index is -0.636. The van der Waals surface area contributed by atoms with Crippen molar-refractivity contribution < 1.29 is 19.0 Å². The molecule has 2 aromatic rings. The van der Waals surface area contributed by atoms with Crippen LogP contribution in [-0.4, -0.2) is 19.3 Å². The second-order valence-electron chi connectivity index (χ2n) is 7.41. The molecular weight excluding hydrogens is 331 g/mol. The Morgan fingerprint density at radius 2 is 1.77 bits per heavy atom. The van der Waals surface area contributed by atoms with E-state index in [1.54, 1.807) is 13.2 Å². The second kappa shape index (κ2) is 6.92. The van der Waals surface area contributed by atoms with E-state index in [9.17, 15) is 9.50 Å². The van der Waals surface area contributed by atoms with Crippen LogP contribution >= 0.6 is 0 Å². The van der Waals surface area contributed by atoms with Gasteiger partial charge in [0, 0.05) is 5.92 Å². The highest BCUT2D eigenvalue weighted by Crippen LogP contribution is 2.56. The first kappa shape index (κ1) is 17.3. The molecule has 26 heavy (non-hydrogen) atoms. The van der Waals surface area contributed by atoms with Crippen LogP contribution in [0.2, 0.25) is 0 Å². The number of ether oxygens (including phenoxy) is 2. The molecule has 2 aromatic carbocycles. The Labute approximate surface area is 153 Å². The number of benzene rings is 2. The maximum atomic E-state index is 14.3. The van der Waals surface area contributed by atoms with Crippen LogP contribution in [0.1, 0.15) is 60.3 Å². The average Bonchev–Trinajstić information content (AvgIpc) is 2.68. The van der Waals surface area contributed by atoms with Crippen LogP contribution in [0.15, 0.2) is 36.4 Å². The van der Waals surface area contributed by atoms with E-state index < -0.39 is 6.10 Å². The molecule has 4 heteroatoms. The van der Waals surface area contributed by atoms with Crippen molar-refractivity contribution >= 4 is 0 Å². The molecule has 0 aliphatic heterocycles. The lowest BCUT2D eigenvalue weighted by molar-refractivity contribution is 0.0750. The summed E-state index contributed by atoms with van der Waals surface area (Å²) in [6.07, 6.45) is 3.87. The maximum Gasteiger partial charge on any atom is 0.165 e. The van der Waals surface area contributed by atoms with E-state index >= 15 is 0 Å². The summed E-state index contributed by atoms with van der Waals surface area (Å²) in [5, 5.41) is 11.2. The van der Waals surface area contributed by atoms with E-state index in [-0.39, 0.29) is 17.5 Å². The summed E-state index contributed by atoms with van der Waals surface area (Å²) in [6, 6.07) is 11.0. The number of methoxy groups -OCH3 is 2. The Kier molecular flexibility index (Phi) is 4.62. The van der Waals surface area contributed by atoms with E-state index in [2.05, 4.69) is 6.07 Å². The van der Waals surface area contributed by atoms with Gasteiger partial charge in [0.15, 0.2) is 11.6 Å². The predicted octanol–water partition coefficient (Wildman–Crippen LogP) is 4.95. The van der Waals surface area contributed by atoms with E-state index in [0.717, 1.165) is 36.1 Å². The largest absolute Gasteiger partial charge is 0.497 e. The van der Waals surface area contributed by atoms with E-state index in [4.69, 9.17) is 9.47 Å². The van der Waals surface area contributed by atoms with Gasteiger partial charge >= 0.3 is 0 Å². The van der Waals surface area contributed by atoms with Gasteiger partial charge in [-0.1, -0.05) is 25.0 Å². The van der Waals surface area contributed by atoms with E-state index in [1.165, 1.54) is 25.2 Å². The molecule has 138 valence electrons. The zero-order valence-electron chi connectivity index (χ0n) is 15.2. The molecule has 0 amide bonds. The van der Waals surface area contributed by atoms with Crippen molar-refractivity contribution in [3.8, 4) is 11.5 Å². The summed E-state index contributed by atoms with van der Waals surface area (Å²) in [4.78, 5) is 0. The van der Waals surface area contributed by atoms with Crippen molar-refractivity contribution in [3.05, 3.63) is 58.9 Å². The Morgan fingerprint density at radius 1 is 0.962 bits per heavy atom. The molecule has 4 atom stereocenters. The topological polar surface area (TPSA) is 38.7 Å². The van der Waals surface area contributed by atoms with Gasteiger partial charge in [-0.25, -0.2) is 4.39 Å². The quantitative estimate of drug-likeness (QED) is 0.846. The van der Waals surface area contributed by atoms with Gasteiger partial charge in [0.1, 0.15) is 5.75 Å². The van der Waals surface area contributed by atoms with Gasteiger partial charge in [0.2, 0.25) is 0 Å². The van der Waals surface area contributed by atoms with Crippen LogP contribution in [0.5, 0.6) is 11.5 Å². The Hall–Kier alpha value is -2.07. The first-order valence-electron chi connectivity index (χ1n) is 9.33. The lowest BCUT2D eigenvalue weighted by Crippen LogP contribution is -2.34. The van der Waals surface area contributed by atoms with Gasteiger partial charge < -0.3 is 14.6 Å². The SMILES string of the molecule is COc1ccc2c(c1)[C@@H]1CCCC[C@@H]1[C@H](c1ccc(OC)c(F)c1)C2O. The highest BCUT2D eigenvalue weighted by Gasteiger charge is 2.44. The van der Waals surface area contributed by atoms with Crippen LogP contribution in [-0.2, 0) is 0 Å². The number of hydrogen-bond donors (Lipinski definition) is 1. The standard InChI is InChI=1S/C22H25FO3/c1-25-14-8-9-17-18(12-14)15-5-3-4-6-16(15)21(22(17)24)13-7-10-20(26-2)19(23)11-13/h7-12,15-16,21-22,24H,3-6H2,1-2H3/t15-,16+,21+,22?/m1/s1. The van der Waals surface area contributed by atoms with Crippen molar-refractivity contribution in [2.24, 2.45) is 5.92 Å². The normalized spacial score (nSPS) is 27.4. The Morgan fingerprint density at radius 3 is 2.50 bits per heavy atom. The van der Waals surface area contributed by atoms with E-state index in [1.807, 2.05) is 18.2 Å². The van der Waals surface area contributed by atoms with Crippen LogP contribution < -0.4 is 9.47 Å². The smallest absolute Gasteiger partial charge is 0.165 e. The summed E-state index contributed by atoms with van der Waals surface area (Å²) in [6.45, 7) is 0. The number of halogens is 1. The van der Waals surface area contributed by atoms with Gasteiger partial charge in [0.05, 0.1) is 20.3 Å². The van der Waals surface area contributed by atoms with Gasteiger partial charge in [0.25, 0.3) is 0 Å². The summed E-state index contributed by atoms with van der Waals surface area (Å²) in [7, 11) is 3.14. The monoisotopic (exact) mass is 356 g/mol. The van der Waals surface area contributed by atoms with Crippen LogP contribution in [0, 0.1) is 11.7 Å². The lowest BCUT2D eigenvalue weighted by Gasteiger charge is -2.45. The Bertz CT molecular complexity index is 804. The van der Waals surface area contributed by atoms with Crippen molar-refractivity contribution in [1.29, 1.82) is 0 Å². The van der Waals surface area contributed by atoms with Crippen LogP contribution in [0.4, 0.5) is 4.39 Å². The highest BCUT2D eigenvalue weighted by molar-refractivity contribution is 5.45. The lowest BCUT2D eigenvalue weighted by atomic mass is 9.60. The molecule has 0 radical (unpaired) electrons. The van der Waals surface area contributed by atoms with Crippen molar-refractivity contribution in [3.63, 3.8) is 0 Å². The zero-order valence-corrected chi connectivity index (χ0v) is 15.2. The molecule has 1 fully saturated rings. The second-order valence-corrected chi connectivity index (χ2v) is 7.41. The predicted molar refractivity (Wildman–Crippen MR) is 98.3 cm³/mol. The molecule has 1 N–H and O–H groups in total. The van der Waals surface area contributed by atoms with Gasteiger partial charge in [-0.15, -0.1) is 0 Å². The molecule has 4 rings (SSSR count). The summed E-state index contributed by atoms with van der Waals surface area (Å²) in [5.41, 5.74) is 3.01. The molecule has 1 unspecified atom stereocenters. The number of fused-ring (bicyclic) bond motifs is 3. The van der Waals surface area contributed by atoms with E-state index in [0.29, 0.717) is 11.8 Å². The van der Waals surface area contributed by atoms with Gasteiger partial charge in [-0.2, -0.15) is 0 Å². The van der Waals surface area contributed by atoms with Gasteiger partial charge in [-0.05, 0) is 65.6 Å². The summed E-state index contributed by atoms with van der Waals surface area (Å²) >= 11 is 0. The van der Waals surface area contributed by atoms with Crippen molar-refractivity contribution in [2.45, 2.75) is 43.6 Å². The first-order chi connectivity index (χ1) is 12.6. The molecule has 0 bridgehead atoms. The number of rotatable bonds is 3. The van der Waals surface area contributed by atoms with Crippen LogP contribution in [0.25, 0.3) is 0 Å². The average molecular weight is 356 g/mol. The van der Waals surface area contributed by atoms with Crippen molar-refractivity contribution in [1.82, 2.24) is 0 Å². The highest BCUT2D eigenvalue weighted by atomic mass is 19.1. The van der Waals surface area contributed by atoms with Crippen LogP contribution in [0.3, 0.4) is 0 Å². The minimum Gasteiger partial charge on any atom is -0.497 e. The minimum absolute atomic E-state index is 0.0957.